The van der Waals surface area contributed by atoms with E-state index in [2.05, 4.69) is 26.0 Å². The Bertz CT molecular complexity index is 1050. The number of aromatic nitrogens is 3. The van der Waals surface area contributed by atoms with Crippen molar-refractivity contribution in [1.82, 2.24) is 14.8 Å². The lowest BCUT2D eigenvalue weighted by Crippen LogP contribution is -2.15. The summed E-state index contributed by atoms with van der Waals surface area (Å²) in [5.41, 5.74) is 2.58. The van der Waals surface area contributed by atoms with E-state index in [0.29, 0.717) is 22.7 Å². The molecule has 1 N–H and O–H groups in total. The van der Waals surface area contributed by atoms with Crippen molar-refractivity contribution < 1.29 is 4.74 Å². The second-order valence-electron chi connectivity index (χ2n) is 5.13. The highest BCUT2D eigenvalue weighted by Gasteiger charge is 2.20. The third-order valence-electron chi connectivity index (χ3n) is 3.80. The van der Waals surface area contributed by atoms with E-state index in [1.54, 1.807) is 13.3 Å². The number of halogens is 1. The van der Waals surface area contributed by atoms with Gasteiger partial charge in [-0.25, -0.2) is 0 Å². The molecule has 0 bridgehead atoms. The number of para-hydroxylation sites is 2. The van der Waals surface area contributed by atoms with Gasteiger partial charge in [-0.05, 0) is 30.3 Å². The molecule has 2 aromatic rings. The fraction of sp³-hybridized carbons (Fsp3) is 0.0588. The van der Waals surface area contributed by atoms with Gasteiger partial charge in [0, 0.05) is 21.6 Å². The third-order valence-corrected chi connectivity index (χ3v) is 4.29. The maximum Gasteiger partial charge on any atom is 0.282 e. The number of pyridine rings is 1. The Kier molecular flexibility index (Phi) is 3.20. The predicted octanol–water partition coefficient (Wildman–Crippen LogP) is 3.59. The lowest BCUT2D eigenvalue weighted by atomic mass is 10.1. The van der Waals surface area contributed by atoms with Crippen LogP contribution in [0.25, 0.3) is 27.8 Å². The van der Waals surface area contributed by atoms with Gasteiger partial charge in [0.2, 0.25) is 0 Å². The maximum absolute atomic E-state index is 12.7. The van der Waals surface area contributed by atoms with Crippen LogP contribution in [0.3, 0.4) is 0 Å². The van der Waals surface area contributed by atoms with Crippen molar-refractivity contribution in [2.75, 3.05) is 7.11 Å². The van der Waals surface area contributed by atoms with E-state index < -0.39 is 0 Å². The fourth-order valence-corrected chi connectivity index (χ4v) is 3.07. The van der Waals surface area contributed by atoms with Crippen LogP contribution in [0, 0.1) is 0 Å². The zero-order valence-electron chi connectivity index (χ0n) is 12.2. The van der Waals surface area contributed by atoms with Crippen LogP contribution in [0.5, 0.6) is 5.75 Å². The fourth-order valence-electron chi connectivity index (χ4n) is 2.70. The van der Waals surface area contributed by atoms with Gasteiger partial charge in [0.15, 0.2) is 0 Å². The first-order chi connectivity index (χ1) is 11.2. The number of aromatic amines is 1. The van der Waals surface area contributed by atoms with Crippen LogP contribution in [0.4, 0.5) is 0 Å². The Balaban J connectivity index is 2.06. The van der Waals surface area contributed by atoms with Crippen molar-refractivity contribution in [2.24, 2.45) is 0 Å². The van der Waals surface area contributed by atoms with Crippen LogP contribution >= 0.6 is 15.9 Å². The minimum atomic E-state index is -0.175. The minimum Gasteiger partial charge on any atom is -0.494 e. The summed E-state index contributed by atoms with van der Waals surface area (Å²) in [6.45, 7) is 0. The number of ether oxygens (including phenoxy) is 1. The lowest BCUT2D eigenvalue weighted by molar-refractivity contribution is 0.411. The van der Waals surface area contributed by atoms with Crippen LogP contribution < -0.4 is 10.3 Å². The summed E-state index contributed by atoms with van der Waals surface area (Å²) in [4.78, 5) is 15.9. The number of nitrogens with one attached hydrogen (secondary N) is 1. The molecule has 0 aromatic heterocycles. The summed E-state index contributed by atoms with van der Waals surface area (Å²) in [5.74, 6) is 0.605. The molecular formula is C17H12BrN3O2. The van der Waals surface area contributed by atoms with Crippen LogP contribution in [0.15, 0.2) is 57.9 Å². The van der Waals surface area contributed by atoms with Crippen LogP contribution in [0.1, 0.15) is 0 Å². The van der Waals surface area contributed by atoms with E-state index in [-0.39, 0.29) is 5.56 Å². The number of hydrogen-bond donors (Lipinski definition) is 1. The first kappa shape index (κ1) is 14.0. The first-order valence-corrected chi connectivity index (χ1v) is 7.81. The largest absolute Gasteiger partial charge is 0.494 e. The predicted molar refractivity (Wildman–Crippen MR) is 92.6 cm³/mol. The molecule has 2 heterocycles. The van der Waals surface area contributed by atoms with E-state index in [0.717, 1.165) is 15.4 Å². The van der Waals surface area contributed by atoms with Crippen molar-refractivity contribution in [1.29, 1.82) is 0 Å². The van der Waals surface area contributed by atoms with Crippen LogP contribution in [-0.2, 0) is 0 Å². The van der Waals surface area contributed by atoms with Gasteiger partial charge in [0.1, 0.15) is 17.1 Å². The molecular weight excluding hydrogens is 358 g/mol. The highest BCUT2D eigenvalue weighted by atomic mass is 79.9. The Hall–Kier alpha value is -2.60. The molecule has 23 heavy (non-hydrogen) atoms. The second-order valence-corrected chi connectivity index (χ2v) is 6.05. The zero-order valence-corrected chi connectivity index (χ0v) is 13.8. The number of H-pyrrole nitrogens is 1. The monoisotopic (exact) mass is 369 g/mol. The molecule has 2 aliphatic heterocycles. The smallest absolute Gasteiger partial charge is 0.282 e. The van der Waals surface area contributed by atoms with Crippen molar-refractivity contribution in [3.05, 3.63) is 63.5 Å². The Morgan fingerprint density at radius 1 is 1.22 bits per heavy atom. The van der Waals surface area contributed by atoms with Gasteiger partial charge in [0.05, 0.1) is 12.7 Å². The van der Waals surface area contributed by atoms with E-state index in [1.807, 2.05) is 42.5 Å². The summed E-state index contributed by atoms with van der Waals surface area (Å²) in [5, 5.41) is 5.44. The van der Waals surface area contributed by atoms with Crippen molar-refractivity contribution >= 4 is 26.8 Å². The molecule has 0 radical (unpaired) electrons. The van der Waals surface area contributed by atoms with Crippen LogP contribution in [-0.4, -0.2) is 21.9 Å². The normalized spacial score (nSPS) is 11.2. The lowest BCUT2D eigenvalue weighted by Gasteiger charge is -2.06. The number of benzene rings is 2. The van der Waals surface area contributed by atoms with E-state index >= 15 is 0 Å². The molecule has 0 aliphatic carbocycles. The molecule has 0 saturated heterocycles. The molecule has 2 aromatic carbocycles. The van der Waals surface area contributed by atoms with Crippen molar-refractivity contribution in [3.63, 3.8) is 0 Å². The number of hydrogen-bond acceptors (Lipinski definition) is 3. The minimum absolute atomic E-state index is 0.175. The Morgan fingerprint density at radius 2 is 2.04 bits per heavy atom. The average Bonchev–Trinajstić information content (AvgIpc) is 2.91. The molecule has 0 atom stereocenters. The molecule has 114 valence electrons. The highest BCUT2D eigenvalue weighted by Crippen LogP contribution is 2.29. The van der Waals surface area contributed by atoms with Gasteiger partial charge in [-0.15, -0.1) is 0 Å². The topological polar surface area (TPSA) is 59.9 Å². The maximum atomic E-state index is 12.7. The zero-order chi connectivity index (χ0) is 16.0. The molecule has 4 rings (SSSR count). The standard InChI is InChI=1S/C17H12BrN3O2/c1-23-15-5-3-2-4-14(15)21-17(22)12-9-19-13-8-10(18)6-7-11(13)16(12)20-21/h2-9,19H,1H3. The van der Waals surface area contributed by atoms with Gasteiger partial charge < -0.3 is 9.72 Å². The summed E-state index contributed by atoms with van der Waals surface area (Å²) in [6, 6.07) is 13.2. The van der Waals surface area contributed by atoms with Gasteiger partial charge in [-0.1, -0.05) is 28.1 Å². The van der Waals surface area contributed by atoms with Gasteiger partial charge in [-0.2, -0.15) is 9.78 Å². The second kappa shape index (κ2) is 5.24. The van der Waals surface area contributed by atoms with E-state index in [1.165, 1.54) is 4.68 Å². The van der Waals surface area contributed by atoms with Gasteiger partial charge in [-0.3, -0.25) is 4.79 Å². The molecule has 2 aliphatic rings. The number of rotatable bonds is 2. The molecule has 6 heteroatoms. The number of methoxy groups -OCH3 is 1. The third kappa shape index (κ3) is 2.14. The van der Waals surface area contributed by atoms with E-state index in [4.69, 9.17) is 4.74 Å². The summed E-state index contributed by atoms with van der Waals surface area (Å²) >= 11 is 3.45. The quantitative estimate of drug-likeness (QED) is 0.587. The highest BCUT2D eigenvalue weighted by molar-refractivity contribution is 9.10. The molecule has 0 spiro atoms. The number of nitrogens with zero attached hydrogens (tertiary/aromatic N) is 2. The Labute approximate surface area is 140 Å². The van der Waals surface area contributed by atoms with Crippen molar-refractivity contribution in [2.45, 2.75) is 0 Å². The average molecular weight is 370 g/mol. The van der Waals surface area contributed by atoms with Crippen LogP contribution in [0.2, 0.25) is 0 Å². The SMILES string of the molecule is COc1ccccc1-n1nc2c3ccc(Br)cc3[nH]cc-2c1=O. The summed E-state index contributed by atoms with van der Waals surface area (Å²) in [7, 11) is 1.58. The van der Waals surface area contributed by atoms with E-state index in [9.17, 15) is 4.79 Å². The molecule has 5 nitrogen and oxygen atoms in total. The molecule has 0 fully saturated rings. The van der Waals surface area contributed by atoms with Crippen molar-refractivity contribution in [3.8, 4) is 22.7 Å². The first-order valence-electron chi connectivity index (χ1n) is 7.02. The molecule has 0 saturated carbocycles. The summed E-state index contributed by atoms with van der Waals surface area (Å²) in [6.07, 6.45) is 1.70. The Morgan fingerprint density at radius 3 is 2.87 bits per heavy atom. The summed E-state index contributed by atoms with van der Waals surface area (Å²) < 4.78 is 7.69. The van der Waals surface area contributed by atoms with Gasteiger partial charge >= 0.3 is 0 Å². The van der Waals surface area contributed by atoms with Gasteiger partial charge in [0.25, 0.3) is 5.56 Å². The molecule has 0 amide bonds. The molecule has 0 unspecified atom stereocenters. The number of fused-ring (bicyclic) bond motifs is 3.